The van der Waals surface area contributed by atoms with Gasteiger partial charge in [-0.2, -0.15) is 0 Å². The minimum Gasteiger partial charge on any atom is -0.481 e. The molecule has 24 heavy (non-hydrogen) atoms. The van der Waals surface area contributed by atoms with Gasteiger partial charge in [-0.15, -0.1) is 5.10 Å². The summed E-state index contributed by atoms with van der Waals surface area (Å²) in [5.74, 6) is -0.147. The Morgan fingerprint density at radius 3 is 2.88 bits per heavy atom. The molecule has 2 aromatic heterocycles. The molecule has 0 saturated carbocycles. The van der Waals surface area contributed by atoms with Crippen LogP contribution in [0.15, 0.2) is 29.4 Å². The maximum Gasteiger partial charge on any atom is 0.303 e. The summed E-state index contributed by atoms with van der Waals surface area (Å²) in [7, 11) is 0. The summed E-state index contributed by atoms with van der Waals surface area (Å²) >= 11 is 1.16. The summed E-state index contributed by atoms with van der Waals surface area (Å²) in [4.78, 5) is 33.9. The molecule has 1 aromatic carbocycles. The third-order valence-electron chi connectivity index (χ3n) is 3.07. The minimum atomic E-state index is -0.897. The van der Waals surface area contributed by atoms with Gasteiger partial charge in [-0.1, -0.05) is 23.9 Å². The fourth-order valence-corrected chi connectivity index (χ4v) is 2.61. The molecule has 0 atom stereocenters. The van der Waals surface area contributed by atoms with E-state index in [2.05, 4.69) is 30.5 Å². The van der Waals surface area contributed by atoms with Gasteiger partial charge in [0.05, 0.1) is 23.2 Å². The van der Waals surface area contributed by atoms with Crippen molar-refractivity contribution in [3.63, 3.8) is 0 Å². The minimum absolute atomic E-state index is 0.0220. The van der Waals surface area contributed by atoms with Gasteiger partial charge in [0.1, 0.15) is 5.82 Å². The molecule has 10 heteroatoms. The first-order chi connectivity index (χ1) is 11.6. The Kier molecular flexibility index (Phi) is 4.75. The molecule has 0 bridgehead atoms. The number of carboxylic acid groups (broad SMARTS) is 1. The highest BCUT2D eigenvalue weighted by molar-refractivity contribution is 7.99. The number of carbonyl (C=O) groups excluding carboxylic acids is 1. The van der Waals surface area contributed by atoms with Gasteiger partial charge in [0.25, 0.3) is 0 Å². The predicted octanol–water partition coefficient (Wildman–Crippen LogP) is 1.43. The van der Waals surface area contributed by atoms with E-state index >= 15 is 0 Å². The largest absolute Gasteiger partial charge is 0.481 e. The second kappa shape index (κ2) is 7.13. The number of hydrogen-bond acceptors (Lipinski definition) is 6. The number of nitrogens with one attached hydrogen (secondary N) is 3. The molecule has 4 N–H and O–H groups in total. The number of imidazole rings is 1. The van der Waals surface area contributed by atoms with Crippen LogP contribution in [0.2, 0.25) is 0 Å². The number of benzene rings is 1. The summed E-state index contributed by atoms with van der Waals surface area (Å²) in [6.07, 6.45) is 0.250. The molecule has 1 amide bonds. The highest BCUT2D eigenvalue weighted by Crippen LogP contribution is 2.15. The van der Waals surface area contributed by atoms with Gasteiger partial charge in [-0.3, -0.25) is 20.0 Å². The Morgan fingerprint density at radius 2 is 2.08 bits per heavy atom. The topological polar surface area (TPSA) is 137 Å². The lowest BCUT2D eigenvalue weighted by Crippen LogP contribution is -2.15. The van der Waals surface area contributed by atoms with Crippen LogP contribution in [0.3, 0.4) is 0 Å². The van der Waals surface area contributed by atoms with E-state index in [1.165, 1.54) is 0 Å². The Morgan fingerprint density at radius 1 is 1.25 bits per heavy atom. The van der Waals surface area contributed by atoms with Crippen LogP contribution in [-0.4, -0.2) is 47.9 Å². The molecule has 0 spiro atoms. The second-order valence-corrected chi connectivity index (χ2v) is 5.84. The van der Waals surface area contributed by atoms with E-state index in [1.807, 2.05) is 24.3 Å². The number of aliphatic carboxylic acids is 1. The van der Waals surface area contributed by atoms with E-state index in [0.717, 1.165) is 22.8 Å². The predicted molar refractivity (Wildman–Crippen MR) is 87.8 cm³/mol. The molecule has 124 valence electrons. The summed E-state index contributed by atoms with van der Waals surface area (Å²) in [5, 5.41) is 18.3. The molecule has 3 aromatic rings. The lowest BCUT2D eigenvalue weighted by molar-refractivity contribution is -0.137. The number of hydrogen-bond donors (Lipinski definition) is 4. The van der Waals surface area contributed by atoms with Crippen LogP contribution >= 0.6 is 11.8 Å². The fourth-order valence-electron chi connectivity index (χ4n) is 1.99. The first-order valence-corrected chi connectivity index (χ1v) is 8.09. The zero-order valence-corrected chi connectivity index (χ0v) is 13.3. The van der Waals surface area contributed by atoms with Gasteiger partial charge in [0.15, 0.2) is 0 Å². The van der Waals surface area contributed by atoms with Crippen LogP contribution in [0, 0.1) is 0 Å². The number of nitrogens with zero attached hydrogens (tertiary/aromatic N) is 3. The van der Waals surface area contributed by atoms with Gasteiger partial charge < -0.3 is 10.1 Å². The molecule has 0 aliphatic carbocycles. The van der Waals surface area contributed by atoms with Crippen LogP contribution in [0.1, 0.15) is 12.2 Å². The molecule has 0 radical (unpaired) electrons. The third kappa shape index (κ3) is 4.10. The molecule has 0 fully saturated rings. The van der Waals surface area contributed by atoms with Crippen LogP contribution in [0.5, 0.6) is 0 Å². The molecule has 0 aliphatic heterocycles. The van der Waals surface area contributed by atoms with E-state index in [1.54, 1.807) is 0 Å². The molecule has 2 heterocycles. The molecular weight excluding hydrogens is 332 g/mol. The van der Waals surface area contributed by atoms with Crippen LogP contribution in [-0.2, 0) is 16.0 Å². The Balaban J connectivity index is 1.51. The van der Waals surface area contributed by atoms with E-state index in [9.17, 15) is 9.59 Å². The Bertz CT molecular complexity index is 841. The number of anilines is 1. The lowest BCUT2D eigenvalue weighted by Gasteiger charge is -1.99. The molecule has 0 unspecified atom stereocenters. The Hall–Kier alpha value is -2.88. The van der Waals surface area contributed by atoms with Crippen molar-refractivity contribution in [3.8, 4) is 0 Å². The van der Waals surface area contributed by atoms with E-state index in [-0.39, 0.29) is 24.5 Å². The molecule has 0 aliphatic rings. The number of carboxylic acids is 1. The zero-order chi connectivity index (χ0) is 16.9. The van der Waals surface area contributed by atoms with E-state index in [0.29, 0.717) is 16.9 Å². The average Bonchev–Trinajstić information content (AvgIpc) is 3.16. The van der Waals surface area contributed by atoms with E-state index < -0.39 is 5.97 Å². The maximum atomic E-state index is 11.9. The van der Waals surface area contributed by atoms with Gasteiger partial charge in [0.2, 0.25) is 17.0 Å². The quantitative estimate of drug-likeness (QED) is 0.475. The number of thioether (sulfide) groups is 1. The van der Waals surface area contributed by atoms with Gasteiger partial charge >= 0.3 is 5.97 Å². The molecular formula is C14H14N6O3S. The number of aryl methyl sites for hydroxylation is 1. The van der Waals surface area contributed by atoms with Gasteiger partial charge in [-0.25, -0.2) is 9.97 Å². The number of aromatic amines is 2. The lowest BCUT2D eigenvalue weighted by atomic mass is 10.3. The second-order valence-electron chi connectivity index (χ2n) is 4.90. The first kappa shape index (κ1) is 16.0. The summed E-state index contributed by atoms with van der Waals surface area (Å²) in [5.41, 5.74) is 1.62. The monoisotopic (exact) mass is 346 g/mol. The van der Waals surface area contributed by atoms with Crippen molar-refractivity contribution in [1.82, 2.24) is 25.1 Å². The third-order valence-corrected chi connectivity index (χ3v) is 3.91. The summed E-state index contributed by atoms with van der Waals surface area (Å²) in [6.45, 7) is 0. The number of amides is 1. The van der Waals surface area contributed by atoms with Crippen molar-refractivity contribution in [2.45, 2.75) is 18.0 Å². The SMILES string of the molecule is O=C(O)CCc1nc(SCC(=O)Nc2nc3ccccc3[nH]2)n[nH]1. The number of para-hydroxylation sites is 2. The molecule has 0 saturated heterocycles. The van der Waals surface area contributed by atoms with Crippen molar-refractivity contribution in [1.29, 1.82) is 0 Å². The van der Waals surface area contributed by atoms with E-state index in [4.69, 9.17) is 5.11 Å². The summed E-state index contributed by atoms with van der Waals surface area (Å²) in [6, 6.07) is 7.48. The number of rotatable bonds is 7. The van der Waals surface area contributed by atoms with Crippen molar-refractivity contribution in [2.75, 3.05) is 11.1 Å². The van der Waals surface area contributed by atoms with Crippen molar-refractivity contribution in [2.24, 2.45) is 0 Å². The van der Waals surface area contributed by atoms with Gasteiger partial charge in [0, 0.05) is 6.42 Å². The highest BCUT2D eigenvalue weighted by Gasteiger charge is 2.10. The first-order valence-electron chi connectivity index (χ1n) is 7.10. The number of carbonyl (C=O) groups is 2. The van der Waals surface area contributed by atoms with Crippen LogP contribution in [0.25, 0.3) is 11.0 Å². The Labute approximate surface area is 140 Å². The fraction of sp³-hybridized carbons (Fsp3) is 0.214. The zero-order valence-electron chi connectivity index (χ0n) is 12.4. The maximum absolute atomic E-state index is 11.9. The summed E-state index contributed by atoms with van der Waals surface area (Å²) < 4.78 is 0. The van der Waals surface area contributed by atoms with Crippen molar-refractivity contribution >= 4 is 40.6 Å². The number of aromatic nitrogens is 5. The average molecular weight is 346 g/mol. The smallest absolute Gasteiger partial charge is 0.303 e. The number of H-pyrrole nitrogens is 2. The molecule has 3 rings (SSSR count). The van der Waals surface area contributed by atoms with Crippen molar-refractivity contribution < 1.29 is 14.7 Å². The van der Waals surface area contributed by atoms with Gasteiger partial charge in [-0.05, 0) is 12.1 Å². The highest BCUT2D eigenvalue weighted by atomic mass is 32.2. The van der Waals surface area contributed by atoms with Crippen molar-refractivity contribution in [3.05, 3.63) is 30.1 Å². The number of fused-ring (bicyclic) bond motifs is 1. The van der Waals surface area contributed by atoms with Crippen LogP contribution < -0.4 is 5.32 Å². The molecule has 9 nitrogen and oxygen atoms in total. The normalized spacial score (nSPS) is 10.8. The van der Waals surface area contributed by atoms with Crippen LogP contribution in [0.4, 0.5) is 5.95 Å². The standard InChI is InChI=1S/C14H14N6O3S/c21-11(18-13-15-8-3-1-2-4-9(8)16-13)7-24-14-17-10(19-20-14)5-6-12(22)23/h1-4H,5-7H2,(H,22,23)(H,17,19,20)(H2,15,16,18,21).